The fourth-order valence-corrected chi connectivity index (χ4v) is 4.81. The van der Waals surface area contributed by atoms with Crippen LogP contribution in [0.4, 0.5) is 4.79 Å². The summed E-state index contributed by atoms with van der Waals surface area (Å²) >= 11 is 0. The quantitative estimate of drug-likeness (QED) is 0.286. The van der Waals surface area contributed by atoms with Gasteiger partial charge in [0.05, 0.1) is 19.2 Å². The summed E-state index contributed by atoms with van der Waals surface area (Å²) in [5.74, 6) is -2.23. The molecule has 1 saturated heterocycles. The average molecular weight is 583 g/mol. The molecule has 0 saturated carbocycles. The van der Waals surface area contributed by atoms with Gasteiger partial charge >= 0.3 is 6.09 Å². The monoisotopic (exact) mass is 582 g/mol. The van der Waals surface area contributed by atoms with E-state index < -0.39 is 35.9 Å². The van der Waals surface area contributed by atoms with Gasteiger partial charge < -0.3 is 30.5 Å². The summed E-state index contributed by atoms with van der Waals surface area (Å²) in [6, 6.07) is 16.3. The maximum absolute atomic E-state index is 13.6. The normalized spacial score (nSPS) is 20.5. The van der Waals surface area contributed by atoms with Gasteiger partial charge in [-0.05, 0) is 42.9 Å². The molecule has 1 heterocycles. The second-order valence-electron chi connectivity index (χ2n) is 11.7. The molecule has 4 N–H and O–H groups in total. The number of ether oxygens (including phenoxy) is 2. The van der Waals surface area contributed by atoms with E-state index in [2.05, 4.69) is 29.8 Å². The van der Waals surface area contributed by atoms with Gasteiger partial charge in [-0.2, -0.15) is 0 Å². The lowest BCUT2D eigenvalue weighted by Crippen LogP contribution is -2.68. The van der Waals surface area contributed by atoms with Crippen molar-refractivity contribution >= 4 is 17.9 Å². The Morgan fingerprint density at radius 2 is 1.62 bits per heavy atom. The number of amides is 3. The fourth-order valence-electron chi connectivity index (χ4n) is 4.81. The number of benzene rings is 2. The van der Waals surface area contributed by atoms with Crippen molar-refractivity contribution in [3.63, 3.8) is 0 Å². The zero-order valence-electron chi connectivity index (χ0n) is 25.3. The molecule has 10 heteroatoms. The number of nitrogens with zero attached hydrogens (tertiary/aromatic N) is 1. The highest BCUT2D eigenvalue weighted by Crippen LogP contribution is 2.25. The third-order valence-corrected chi connectivity index (χ3v) is 7.40. The Hall–Kier alpha value is -3.47. The third kappa shape index (κ3) is 9.82. The lowest BCUT2D eigenvalue weighted by atomic mass is 9.94. The molecule has 1 aliphatic heterocycles. The molecule has 1 unspecified atom stereocenters. The van der Waals surface area contributed by atoms with Crippen LogP contribution < -0.4 is 16.0 Å². The highest BCUT2D eigenvalue weighted by molar-refractivity contribution is 5.86. The van der Waals surface area contributed by atoms with Crippen LogP contribution in [0.1, 0.15) is 45.2 Å². The van der Waals surface area contributed by atoms with E-state index in [9.17, 15) is 19.5 Å². The van der Waals surface area contributed by atoms with Crippen LogP contribution in [-0.4, -0.2) is 78.6 Å². The Bertz CT molecular complexity index is 1150. The van der Waals surface area contributed by atoms with Crippen molar-refractivity contribution in [2.75, 3.05) is 26.7 Å². The fraction of sp³-hybridized carbons (Fsp3) is 0.531. The topological polar surface area (TPSA) is 129 Å². The summed E-state index contributed by atoms with van der Waals surface area (Å²) in [5, 5.41) is 20.3. The number of hydrogen-bond donors (Lipinski definition) is 4. The van der Waals surface area contributed by atoms with E-state index in [0.717, 1.165) is 17.5 Å². The van der Waals surface area contributed by atoms with Crippen molar-refractivity contribution in [3.05, 3.63) is 71.8 Å². The zero-order valence-corrected chi connectivity index (χ0v) is 25.3. The number of rotatable bonds is 13. The van der Waals surface area contributed by atoms with Gasteiger partial charge in [-0.25, -0.2) is 4.79 Å². The van der Waals surface area contributed by atoms with Gasteiger partial charge in [0.15, 0.2) is 5.79 Å². The number of likely N-dealkylation sites (N-methyl/N-ethyl adjacent to an activating group) is 1. The number of hydrogen-bond acceptors (Lipinski definition) is 7. The molecule has 2 aromatic rings. The van der Waals surface area contributed by atoms with Crippen LogP contribution in [0.25, 0.3) is 0 Å². The Morgan fingerprint density at radius 3 is 2.19 bits per heavy atom. The first-order valence-corrected chi connectivity index (χ1v) is 14.6. The predicted octanol–water partition coefficient (Wildman–Crippen LogP) is 2.85. The second kappa shape index (κ2) is 15.7. The molecule has 1 fully saturated rings. The second-order valence-corrected chi connectivity index (χ2v) is 11.7. The maximum atomic E-state index is 13.6. The standard InChI is InChI=1S/C32H46N4O6/c1-22(2)16-17-33-29(37)26-20-42-32(40,21-36(26)5)27(18-24-12-8-6-9-13-24)34-30(38)28(23(3)4)35-31(39)41-19-25-14-10-7-11-15-25/h6-15,22-23,26-28,40H,16-21H2,1-5H3,(H,33,37)(H,34,38)(H,35,39)/t26-,27+,28+,32?/m1/s1. The van der Waals surface area contributed by atoms with Crippen LogP contribution in [0.3, 0.4) is 0 Å². The Labute approximate surface area is 249 Å². The molecule has 3 rings (SSSR count). The summed E-state index contributed by atoms with van der Waals surface area (Å²) in [5.41, 5.74) is 1.71. The lowest BCUT2D eigenvalue weighted by molar-refractivity contribution is -0.261. The summed E-state index contributed by atoms with van der Waals surface area (Å²) in [6.07, 6.45) is 0.417. The van der Waals surface area contributed by atoms with Gasteiger partial charge in [0.1, 0.15) is 18.7 Å². The van der Waals surface area contributed by atoms with E-state index in [1.54, 1.807) is 11.9 Å². The first-order valence-electron chi connectivity index (χ1n) is 14.6. The van der Waals surface area contributed by atoms with Gasteiger partial charge in [0.2, 0.25) is 11.8 Å². The molecular formula is C32H46N4O6. The molecule has 42 heavy (non-hydrogen) atoms. The minimum absolute atomic E-state index is 0.00800. The Balaban J connectivity index is 1.70. The smallest absolute Gasteiger partial charge is 0.408 e. The van der Waals surface area contributed by atoms with Gasteiger partial charge in [0.25, 0.3) is 0 Å². The number of alkyl carbamates (subject to hydrolysis) is 1. The van der Waals surface area contributed by atoms with E-state index in [1.165, 1.54) is 0 Å². The van der Waals surface area contributed by atoms with Gasteiger partial charge in [0, 0.05) is 6.54 Å². The number of nitrogens with one attached hydrogen (secondary N) is 3. The Morgan fingerprint density at radius 1 is 1.00 bits per heavy atom. The predicted molar refractivity (Wildman–Crippen MR) is 160 cm³/mol. The van der Waals surface area contributed by atoms with Gasteiger partial charge in [-0.3, -0.25) is 14.5 Å². The first-order chi connectivity index (χ1) is 20.0. The molecular weight excluding hydrogens is 536 g/mol. The highest BCUT2D eigenvalue weighted by Gasteiger charge is 2.47. The number of carbonyl (C=O) groups is 3. The molecule has 10 nitrogen and oxygen atoms in total. The lowest BCUT2D eigenvalue weighted by Gasteiger charge is -2.45. The number of β-amino-alcohol motifs (C(OH)–C–C–N with tert-alkyl or cyclic N) is 1. The molecule has 4 atom stereocenters. The molecule has 2 aromatic carbocycles. The van der Waals surface area contributed by atoms with E-state index in [0.29, 0.717) is 12.5 Å². The molecule has 3 amide bonds. The van der Waals surface area contributed by atoms with Gasteiger partial charge in [-0.15, -0.1) is 0 Å². The Kier molecular flexibility index (Phi) is 12.3. The molecule has 0 spiro atoms. The van der Waals surface area contributed by atoms with Crippen LogP contribution >= 0.6 is 0 Å². The largest absolute Gasteiger partial charge is 0.445 e. The summed E-state index contributed by atoms with van der Waals surface area (Å²) in [7, 11) is 1.75. The highest BCUT2D eigenvalue weighted by atomic mass is 16.6. The number of morpholine rings is 1. The maximum Gasteiger partial charge on any atom is 0.408 e. The van der Waals surface area contributed by atoms with Crippen LogP contribution in [0, 0.1) is 11.8 Å². The molecule has 230 valence electrons. The van der Waals surface area contributed by atoms with Gasteiger partial charge in [-0.1, -0.05) is 88.4 Å². The molecule has 0 bridgehead atoms. The van der Waals surface area contributed by atoms with E-state index in [-0.39, 0.29) is 38.0 Å². The molecule has 1 aliphatic rings. The third-order valence-electron chi connectivity index (χ3n) is 7.40. The summed E-state index contributed by atoms with van der Waals surface area (Å²) in [6.45, 7) is 8.40. The van der Waals surface area contributed by atoms with Crippen molar-refractivity contribution in [3.8, 4) is 0 Å². The minimum atomic E-state index is -1.79. The van der Waals surface area contributed by atoms with Crippen molar-refractivity contribution in [1.29, 1.82) is 0 Å². The summed E-state index contributed by atoms with van der Waals surface area (Å²) in [4.78, 5) is 40.7. The van der Waals surface area contributed by atoms with Crippen LogP contribution in [0.15, 0.2) is 60.7 Å². The molecule has 0 radical (unpaired) electrons. The first kappa shape index (κ1) is 33.0. The summed E-state index contributed by atoms with van der Waals surface area (Å²) < 4.78 is 11.3. The molecule has 0 aliphatic carbocycles. The average Bonchev–Trinajstić information content (AvgIpc) is 2.95. The van der Waals surface area contributed by atoms with E-state index >= 15 is 0 Å². The van der Waals surface area contributed by atoms with Crippen molar-refractivity contribution in [2.45, 2.75) is 71.1 Å². The number of aliphatic hydroxyl groups is 1. The minimum Gasteiger partial charge on any atom is -0.445 e. The van der Waals surface area contributed by atoms with Crippen molar-refractivity contribution in [1.82, 2.24) is 20.9 Å². The van der Waals surface area contributed by atoms with Crippen LogP contribution in [0.2, 0.25) is 0 Å². The van der Waals surface area contributed by atoms with Crippen LogP contribution in [0.5, 0.6) is 0 Å². The van der Waals surface area contributed by atoms with Crippen molar-refractivity contribution in [2.24, 2.45) is 11.8 Å². The van der Waals surface area contributed by atoms with E-state index in [1.807, 2.05) is 74.5 Å². The van der Waals surface area contributed by atoms with Crippen molar-refractivity contribution < 1.29 is 29.0 Å². The molecule has 0 aromatic heterocycles. The van der Waals surface area contributed by atoms with Crippen LogP contribution in [-0.2, 0) is 32.1 Å². The SMILES string of the molecule is CC(C)CCNC(=O)[C@H]1COC(O)([C@H](Cc2ccccc2)NC(=O)[C@@H](NC(=O)OCc2ccccc2)C(C)C)CN1C. The van der Waals surface area contributed by atoms with E-state index in [4.69, 9.17) is 9.47 Å². The number of carbonyl (C=O) groups excluding carboxylic acids is 3. The zero-order chi connectivity index (χ0) is 30.7.